The van der Waals surface area contributed by atoms with Gasteiger partial charge in [0.05, 0.1) is 22.1 Å². The number of carbonyl (C=O) groups excluding carboxylic acids is 1. The molecule has 6 heteroatoms. The number of para-hydroxylation sites is 2. The van der Waals surface area contributed by atoms with Crippen LogP contribution in [0.2, 0.25) is 0 Å². The minimum absolute atomic E-state index is 0.352. The molecule has 0 spiro atoms. The minimum Gasteiger partial charge on any atom is -0.480 e. The Morgan fingerprint density at radius 1 is 1.00 bits per heavy atom. The van der Waals surface area contributed by atoms with Crippen LogP contribution >= 0.6 is 0 Å². The summed E-state index contributed by atoms with van der Waals surface area (Å²) in [7, 11) is 0. The molecule has 2 aromatic carbocycles. The summed E-state index contributed by atoms with van der Waals surface area (Å²) < 4.78 is 0. The van der Waals surface area contributed by atoms with Crippen molar-refractivity contribution in [3.05, 3.63) is 48.0 Å². The van der Waals surface area contributed by atoms with Crippen LogP contribution in [-0.2, 0) is 4.79 Å². The van der Waals surface area contributed by atoms with Crippen LogP contribution in [-0.4, -0.2) is 33.0 Å². The van der Waals surface area contributed by atoms with Crippen LogP contribution in [0, 0.1) is 0 Å². The fourth-order valence-corrected chi connectivity index (χ4v) is 2.10. The van der Waals surface area contributed by atoms with E-state index in [-0.39, 0.29) is 0 Å². The third kappa shape index (κ3) is 2.58. The molecule has 0 radical (unpaired) electrons. The molecule has 0 aliphatic carbocycles. The molecular formula is C16H13N3O3. The van der Waals surface area contributed by atoms with Crippen molar-refractivity contribution in [1.82, 2.24) is 15.3 Å². The van der Waals surface area contributed by atoms with Crippen LogP contribution in [0.5, 0.6) is 0 Å². The maximum Gasteiger partial charge on any atom is 0.325 e. The fraction of sp³-hybridized carbons (Fsp3) is 0.125. The molecule has 0 saturated heterocycles. The summed E-state index contributed by atoms with van der Waals surface area (Å²) in [5.74, 6) is -1.54. The number of hydrogen-bond donors (Lipinski definition) is 2. The Kier molecular flexibility index (Phi) is 3.42. The molecule has 0 saturated carbocycles. The number of carboxylic acids is 1. The van der Waals surface area contributed by atoms with Gasteiger partial charge in [-0.05, 0) is 37.3 Å². The highest BCUT2D eigenvalue weighted by molar-refractivity contribution is 5.99. The maximum absolute atomic E-state index is 12.0. The summed E-state index contributed by atoms with van der Waals surface area (Å²) >= 11 is 0. The first kappa shape index (κ1) is 13.9. The molecule has 0 aliphatic heterocycles. The van der Waals surface area contributed by atoms with Gasteiger partial charge in [-0.2, -0.15) is 0 Å². The predicted molar refractivity (Wildman–Crippen MR) is 81.6 cm³/mol. The second-order valence-corrected chi connectivity index (χ2v) is 4.95. The second-order valence-electron chi connectivity index (χ2n) is 4.95. The molecule has 110 valence electrons. The van der Waals surface area contributed by atoms with E-state index in [4.69, 9.17) is 5.11 Å². The zero-order valence-corrected chi connectivity index (χ0v) is 11.8. The number of aromatic nitrogens is 2. The van der Waals surface area contributed by atoms with Crippen LogP contribution in [0.3, 0.4) is 0 Å². The van der Waals surface area contributed by atoms with E-state index in [1.807, 2.05) is 24.3 Å². The van der Waals surface area contributed by atoms with Gasteiger partial charge in [0.25, 0.3) is 5.91 Å². The van der Waals surface area contributed by atoms with Gasteiger partial charge in [0.1, 0.15) is 6.04 Å². The molecule has 1 amide bonds. The third-order valence-corrected chi connectivity index (χ3v) is 3.32. The molecule has 2 N–H and O–H groups in total. The molecule has 1 aromatic heterocycles. The first-order valence-electron chi connectivity index (χ1n) is 6.75. The van der Waals surface area contributed by atoms with Crippen LogP contribution in [0.25, 0.3) is 22.1 Å². The number of aliphatic carboxylic acids is 1. The Morgan fingerprint density at radius 3 is 2.23 bits per heavy atom. The van der Waals surface area contributed by atoms with Crippen molar-refractivity contribution >= 4 is 33.9 Å². The summed E-state index contributed by atoms with van der Waals surface area (Å²) in [5.41, 5.74) is 3.15. The van der Waals surface area contributed by atoms with E-state index >= 15 is 0 Å². The van der Waals surface area contributed by atoms with Gasteiger partial charge in [0.15, 0.2) is 0 Å². The lowest BCUT2D eigenvalue weighted by Crippen LogP contribution is -2.38. The predicted octanol–water partition coefficient (Wildman–Crippen LogP) is 1.99. The number of carbonyl (C=O) groups is 2. The van der Waals surface area contributed by atoms with Crippen molar-refractivity contribution in [3.63, 3.8) is 0 Å². The molecule has 6 nitrogen and oxygen atoms in total. The third-order valence-electron chi connectivity index (χ3n) is 3.32. The van der Waals surface area contributed by atoms with Crippen molar-refractivity contribution in [2.75, 3.05) is 0 Å². The van der Waals surface area contributed by atoms with Gasteiger partial charge in [0, 0.05) is 5.56 Å². The van der Waals surface area contributed by atoms with Crippen molar-refractivity contribution in [2.45, 2.75) is 13.0 Å². The number of carboxylic acid groups (broad SMARTS) is 1. The van der Waals surface area contributed by atoms with Crippen molar-refractivity contribution in [2.24, 2.45) is 0 Å². The van der Waals surface area contributed by atoms with Gasteiger partial charge in [-0.3, -0.25) is 9.59 Å². The Labute approximate surface area is 125 Å². The van der Waals surface area contributed by atoms with Crippen LogP contribution < -0.4 is 5.32 Å². The first-order valence-corrected chi connectivity index (χ1v) is 6.75. The van der Waals surface area contributed by atoms with Crippen molar-refractivity contribution in [1.29, 1.82) is 0 Å². The monoisotopic (exact) mass is 295 g/mol. The topological polar surface area (TPSA) is 92.2 Å². The van der Waals surface area contributed by atoms with Crippen molar-refractivity contribution in [3.8, 4) is 0 Å². The number of benzene rings is 2. The number of fused-ring (bicyclic) bond motifs is 2. The Hall–Kier alpha value is -3.02. The molecule has 22 heavy (non-hydrogen) atoms. The highest BCUT2D eigenvalue weighted by atomic mass is 16.4. The van der Waals surface area contributed by atoms with E-state index in [1.165, 1.54) is 6.92 Å². The Morgan fingerprint density at radius 2 is 1.59 bits per heavy atom. The molecule has 1 unspecified atom stereocenters. The zero-order valence-electron chi connectivity index (χ0n) is 11.8. The largest absolute Gasteiger partial charge is 0.480 e. The van der Waals surface area contributed by atoms with E-state index < -0.39 is 17.9 Å². The van der Waals surface area contributed by atoms with Gasteiger partial charge >= 0.3 is 5.97 Å². The standard InChI is InChI=1S/C16H13N3O3/c1-9(16(21)22)17-15(20)10-6-7-13-14(8-10)19-12-5-3-2-4-11(12)18-13/h2-9H,1H3,(H,17,20)(H,21,22). The van der Waals surface area contributed by atoms with Gasteiger partial charge in [-0.25, -0.2) is 9.97 Å². The Balaban J connectivity index is 2.00. The summed E-state index contributed by atoms with van der Waals surface area (Å²) in [6, 6.07) is 11.4. The van der Waals surface area contributed by atoms with E-state index in [9.17, 15) is 9.59 Å². The molecule has 0 bridgehead atoms. The van der Waals surface area contributed by atoms with Gasteiger partial charge in [-0.1, -0.05) is 12.1 Å². The summed E-state index contributed by atoms with van der Waals surface area (Å²) in [6.45, 7) is 1.41. The Bertz CT molecular complexity index is 892. The second kappa shape index (κ2) is 5.40. The smallest absolute Gasteiger partial charge is 0.325 e. The van der Waals surface area contributed by atoms with Gasteiger partial charge in [0.2, 0.25) is 0 Å². The molecule has 3 rings (SSSR count). The number of hydrogen-bond acceptors (Lipinski definition) is 4. The van der Waals surface area contributed by atoms with E-state index in [0.29, 0.717) is 16.6 Å². The van der Waals surface area contributed by atoms with E-state index in [1.54, 1.807) is 18.2 Å². The van der Waals surface area contributed by atoms with Crippen LogP contribution in [0.1, 0.15) is 17.3 Å². The molecule has 1 heterocycles. The van der Waals surface area contributed by atoms with E-state index in [0.717, 1.165) is 11.0 Å². The highest BCUT2D eigenvalue weighted by Crippen LogP contribution is 2.17. The summed E-state index contributed by atoms with van der Waals surface area (Å²) in [4.78, 5) is 31.8. The lowest BCUT2D eigenvalue weighted by Gasteiger charge is -2.09. The zero-order chi connectivity index (χ0) is 15.7. The number of rotatable bonds is 3. The summed E-state index contributed by atoms with van der Waals surface area (Å²) in [5, 5.41) is 11.2. The fourth-order valence-electron chi connectivity index (χ4n) is 2.10. The van der Waals surface area contributed by atoms with Crippen LogP contribution in [0.15, 0.2) is 42.5 Å². The molecule has 0 fully saturated rings. The molecule has 1 atom stereocenters. The SMILES string of the molecule is CC(NC(=O)c1ccc2nc3ccccc3nc2c1)C(=O)O. The lowest BCUT2D eigenvalue weighted by molar-refractivity contribution is -0.138. The minimum atomic E-state index is -1.08. The maximum atomic E-state index is 12.0. The average Bonchev–Trinajstić information content (AvgIpc) is 2.52. The highest BCUT2D eigenvalue weighted by Gasteiger charge is 2.15. The number of amides is 1. The normalized spacial score (nSPS) is 12.2. The van der Waals surface area contributed by atoms with Crippen LogP contribution in [0.4, 0.5) is 0 Å². The van der Waals surface area contributed by atoms with Crippen molar-refractivity contribution < 1.29 is 14.7 Å². The molecule has 0 aliphatic rings. The molecular weight excluding hydrogens is 282 g/mol. The number of nitrogens with zero attached hydrogens (tertiary/aromatic N) is 2. The van der Waals surface area contributed by atoms with E-state index in [2.05, 4.69) is 15.3 Å². The summed E-state index contributed by atoms with van der Waals surface area (Å²) in [6.07, 6.45) is 0. The van der Waals surface area contributed by atoms with Gasteiger partial charge in [-0.15, -0.1) is 0 Å². The quantitative estimate of drug-likeness (QED) is 0.721. The average molecular weight is 295 g/mol. The number of nitrogens with one attached hydrogen (secondary N) is 1. The van der Waals surface area contributed by atoms with Gasteiger partial charge < -0.3 is 10.4 Å². The lowest BCUT2D eigenvalue weighted by atomic mass is 10.1. The first-order chi connectivity index (χ1) is 10.5. The molecule has 3 aromatic rings.